The average molecular weight is 302 g/mol. The Kier molecular flexibility index (Phi) is 4.42. The number of fused-ring (bicyclic) bond motifs is 1. The first-order valence-corrected chi connectivity index (χ1v) is 7.51. The van der Waals surface area contributed by atoms with Crippen molar-refractivity contribution >= 4 is 16.8 Å². The smallest absolute Gasteiger partial charge is 0.253 e. The molecule has 0 spiro atoms. The first kappa shape index (κ1) is 15.0. The van der Waals surface area contributed by atoms with Crippen molar-refractivity contribution in [3.63, 3.8) is 0 Å². The summed E-state index contributed by atoms with van der Waals surface area (Å²) in [6.07, 6.45) is 2.82. The number of rotatable bonds is 5. The lowest BCUT2D eigenvalue weighted by Crippen LogP contribution is -2.40. The van der Waals surface area contributed by atoms with Gasteiger partial charge in [0.05, 0.1) is 12.2 Å². The molecule has 2 unspecified atom stereocenters. The molecule has 1 amide bonds. The van der Waals surface area contributed by atoms with Gasteiger partial charge in [-0.15, -0.1) is 0 Å². The summed E-state index contributed by atoms with van der Waals surface area (Å²) in [7, 11) is 3.65. The Morgan fingerprint density at radius 3 is 2.95 bits per heavy atom. The molecule has 6 heteroatoms. The van der Waals surface area contributed by atoms with E-state index in [1.807, 2.05) is 42.1 Å². The van der Waals surface area contributed by atoms with Gasteiger partial charge in [0, 0.05) is 49.9 Å². The molecule has 3 N–H and O–H groups in total. The Balaban J connectivity index is 1.62. The van der Waals surface area contributed by atoms with Crippen molar-refractivity contribution in [3.05, 3.63) is 36.0 Å². The molecule has 1 aromatic carbocycles. The highest BCUT2D eigenvalue weighted by molar-refractivity contribution is 6.06. The van der Waals surface area contributed by atoms with E-state index in [0.717, 1.165) is 22.9 Å². The summed E-state index contributed by atoms with van der Waals surface area (Å²) in [6.45, 7) is 1.26. The van der Waals surface area contributed by atoms with Gasteiger partial charge in [-0.1, -0.05) is 18.2 Å². The zero-order valence-electron chi connectivity index (χ0n) is 12.9. The van der Waals surface area contributed by atoms with Gasteiger partial charge in [-0.05, 0) is 12.5 Å². The second kappa shape index (κ2) is 6.48. The zero-order valence-corrected chi connectivity index (χ0v) is 12.9. The first-order chi connectivity index (χ1) is 10.7. The van der Waals surface area contributed by atoms with E-state index >= 15 is 0 Å². The minimum absolute atomic E-state index is 0.0335. The number of nitrogens with one attached hydrogen (secondary N) is 3. The van der Waals surface area contributed by atoms with Crippen LogP contribution in [0.1, 0.15) is 16.8 Å². The van der Waals surface area contributed by atoms with Crippen LogP contribution in [0.3, 0.4) is 0 Å². The maximum absolute atomic E-state index is 12.4. The van der Waals surface area contributed by atoms with Crippen molar-refractivity contribution in [3.8, 4) is 0 Å². The third-order valence-corrected chi connectivity index (χ3v) is 4.08. The van der Waals surface area contributed by atoms with E-state index < -0.39 is 0 Å². The summed E-state index contributed by atoms with van der Waals surface area (Å²) in [6, 6.07) is 8.45. The monoisotopic (exact) mass is 302 g/mol. The maximum Gasteiger partial charge on any atom is 0.253 e. The number of methoxy groups -OCH3 is 1. The van der Waals surface area contributed by atoms with Crippen LogP contribution in [0.15, 0.2) is 30.5 Å². The Bertz CT molecular complexity index is 667. The maximum atomic E-state index is 12.4. The highest BCUT2D eigenvalue weighted by atomic mass is 16.5. The molecular weight excluding hydrogens is 280 g/mol. The van der Waals surface area contributed by atoms with Gasteiger partial charge in [0.25, 0.3) is 5.91 Å². The molecule has 22 heavy (non-hydrogen) atoms. The van der Waals surface area contributed by atoms with E-state index in [2.05, 4.69) is 16.2 Å². The van der Waals surface area contributed by atoms with Gasteiger partial charge < -0.3 is 14.6 Å². The van der Waals surface area contributed by atoms with Crippen molar-refractivity contribution in [1.29, 1.82) is 0 Å². The van der Waals surface area contributed by atoms with Crippen molar-refractivity contribution in [1.82, 2.24) is 20.7 Å². The Hall–Kier alpha value is -1.89. The van der Waals surface area contributed by atoms with Gasteiger partial charge >= 0.3 is 0 Å². The molecule has 3 rings (SSSR count). The number of benzene rings is 1. The van der Waals surface area contributed by atoms with Crippen LogP contribution in [0.25, 0.3) is 10.9 Å². The number of hydrogen-bond donors (Lipinski definition) is 3. The standard InChI is InChI=1S/C16H22N4O2/c1-20-9-14(13-5-3-4-6-15(13)20)16(21)17-8-11-7-12(10-22-2)19-18-11/h3-6,9,11-12,18-19H,7-8,10H2,1-2H3,(H,17,21). The third kappa shape index (κ3) is 2.99. The van der Waals surface area contributed by atoms with E-state index in [9.17, 15) is 4.79 Å². The Morgan fingerprint density at radius 1 is 1.36 bits per heavy atom. The van der Waals surface area contributed by atoms with E-state index in [-0.39, 0.29) is 11.9 Å². The molecule has 0 aliphatic carbocycles. The lowest BCUT2D eigenvalue weighted by molar-refractivity contribution is 0.0951. The van der Waals surface area contributed by atoms with Crippen molar-refractivity contribution in [2.45, 2.75) is 18.5 Å². The fourth-order valence-corrected chi connectivity index (χ4v) is 2.98. The molecule has 1 aliphatic rings. The molecule has 2 heterocycles. The number of aromatic nitrogens is 1. The van der Waals surface area contributed by atoms with Crippen LogP contribution in [0.2, 0.25) is 0 Å². The number of hydrazine groups is 1. The highest BCUT2D eigenvalue weighted by Crippen LogP contribution is 2.20. The topological polar surface area (TPSA) is 67.3 Å². The predicted molar refractivity (Wildman–Crippen MR) is 85.6 cm³/mol. The van der Waals surface area contributed by atoms with E-state index in [1.54, 1.807) is 7.11 Å². The largest absolute Gasteiger partial charge is 0.383 e. The van der Waals surface area contributed by atoms with Crippen LogP contribution < -0.4 is 16.2 Å². The van der Waals surface area contributed by atoms with Gasteiger partial charge in [0.1, 0.15) is 0 Å². The molecule has 1 aromatic heterocycles. The molecule has 6 nitrogen and oxygen atoms in total. The lowest BCUT2D eigenvalue weighted by atomic mass is 10.1. The van der Waals surface area contributed by atoms with Crippen LogP contribution in [0.5, 0.6) is 0 Å². The Morgan fingerprint density at radius 2 is 2.14 bits per heavy atom. The molecular formula is C16H22N4O2. The van der Waals surface area contributed by atoms with Gasteiger partial charge in [0.15, 0.2) is 0 Å². The summed E-state index contributed by atoms with van der Waals surface area (Å²) >= 11 is 0. The van der Waals surface area contributed by atoms with E-state index in [0.29, 0.717) is 19.2 Å². The van der Waals surface area contributed by atoms with Gasteiger partial charge in [-0.3, -0.25) is 15.6 Å². The third-order valence-electron chi connectivity index (χ3n) is 4.08. The summed E-state index contributed by atoms with van der Waals surface area (Å²) in [5.74, 6) is -0.0335. The SMILES string of the molecule is COCC1CC(CNC(=O)c2cn(C)c3ccccc23)NN1. The fourth-order valence-electron chi connectivity index (χ4n) is 2.98. The number of carbonyl (C=O) groups is 1. The predicted octanol–water partition coefficient (Wildman–Crippen LogP) is 0.790. The molecule has 0 saturated carbocycles. The van der Waals surface area contributed by atoms with Crippen LogP contribution in [-0.4, -0.2) is 42.8 Å². The van der Waals surface area contributed by atoms with Crippen LogP contribution in [0, 0.1) is 0 Å². The van der Waals surface area contributed by atoms with Crippen LogP contribution in [0.4, 0.5) is 0 Å². The number of carbonyl (C=O) groups excluding carboxylic acids is 1. The zero-order chi connectivity index (χ0) is 15.5. The molecule has 2 atom stereocenters. The molecule has 1 aliphatic heterocycles. The minimum atomic E-state index is -0.0335. The summed E-state index contributed by atoms with van der Waals surface area (Å²) in [5, 5.41) is 4.00. The number of amides is 1. The number of para-hydroxylation sites is 1. The normalized spacial score (nSPS) is 21.4. The molecule has 1 saturated heterocycles. The number of nitrogens with zero attached hydrogens (tertiary/aromatic N) is 1. The van der Waals surface area contributed by atoms with Gasteiger partial charge in [-0.25, -0.2) is 0 Å². The van der Waals surface area contributed by atoms with Crippen molar-refractivity contribution < 1.29 is 9.53 Å². The molecule has 118 valence electrons. The van der Waals surface area contributed by atoms with E-state index in [4.69, 9.17) is 4.74 Å². The summed E-state index contributed by atoms with van der Waals surface area (Å²) in [4.78, 5) is 12.4. The fraction of sp³-hybridized carbons (Fsp3) is 0.438. The van der Waals surface area contributed by atoms with E-state index in [1.165, 1.54) is 0 Å². The average Bonchev–Trinajstić information content (AvgIpc) is 3.11. The molecule has 1 fully saturated rings. The lowest BCUT2D eigenvalue weighted by Gasteiger charge is -2.10. The van der Waals surface area contributed by atoms with Gasteiger partial charge in [0.2, 0.25) is 0 Å². The molecule has 0 radical (unpaired) electrons. The number of hydrogen-bond acceptors (Lipinski definition) is 4. The number of ether oxygens (including phenoxy) is 1. The van der Waals surface area contributed by atoms with Crippen LogP contribution in [-0.2, 0) is 11.8 Å². The molecule has 2 aromatic rings. The second-order valence-corrected chi connectivity index (χ2v) is 5.75. The summed E-state index contributed by atoms with van der Waals surface area (Å²) < 4.78 is 7.11. The molecule has 0 bridgehead atoms. The quantitative estimate of drug-likeness (QED) is 0.764. The van der Waals surface area contributed by atoms with Crippen molar-refractivity contribution in [2.75, 3.05) is 20.3 Å². The minimum Gasteiger partial charge on any atom is -0.383 e. The van der Waals surface area contributed by atoms with Crippen LogP contribution >= 0.6 is 0 Å². The van der Waals surface area contributed by atoms with Gasteiger partial charge in [-0.2, -0.15) is 0 Å². The highest BCUT2D eigenvalue weighted by Gasteiger charge is 2.24. The first-order valence-electron chi connectivity index (χ1n) is 7.51. The number of aryl methyl sites for hydroxylation is 1. The second-order valence-electron chi connectivity index (χ2n) is 5.75. The van der Waals surface area contributed by atoms with Crippen molar-refractivity contribution in [2.24, 2.45) is 7.05 Å². The summed E-state index contributed by atoms with van der Waals surface area (Å²) in [5.41, 5.74) is 8.15. The Labute approximate surface area is 129 Å².